The van der Waals surface area contributed by atoms with E-state index in [4.69, 9.17) is 4.74 Å². The second-order valence-corrected chi connectivity index (χ2v) is 9.73. The molecule has 0 spiro atoms. The van der Waals surface area contributed by atoms with Crippen LogP contribution in [-0.2, 0) is 10.0 Å². The molecule has 0 saturated carbocycles. The summed E-state index contributed by atoms with van der Waals surface area (Å²) in [5, 5.41) is 3.32. The third kappa shape index (κ3) is 4.93. The number of nitrogens with zero attached hydrogens (tertiary/aromatic N) is 3. The summed E-state index contributed by atoms with van der Waals surface area (Å²) in [6, 6.07) is 1.78. The predicted molar refractivity (Wildman–Crippen MR) is 120 cm³/mol. The van der Waals surface area contributed by atoms with E-state index < -0.39 is 10.0 Å². The van der Waals surface area contributed by atoms with Crippen LogP contribution >= 0.6 is 11.5 Å². The van der Waals surface area contributed by atoms with Crippen LogP contribution in [0, 0.1) is 20.8 Å². The first kappa shape index (κ1) is 22.5. The van der Waals surface area contributed by atoms with Crippen LogP contribution in [-0.4, -0.2) is 42.4 Å². The summed E-state index contributed by atoms with van der Waals surface area (Å²) in [6.45, 7) is 6.76. The van der Waals surface area contributed by atoms with E-state index in [1.807, 2.05) is 24.4 Å². The minimum atomic E-state index is -3.55. The molecule has 2 heterocycles. The maximum absolute atomic E-state index is 12.8. The number of hydrogen-bond donors (Lipinski definition) is 2. The first-order chi connectivity index (χ1) is 14.3. The molecule has 0 unspecified atom stereocenters. The summed E-state index contributed by atoms with van der Waals surface area (Å²) in [5.74, 6) is 1.53. The lowest BCUT2D eigenvalue weighted by atomic mass is 10.1. The summed E-state index contributed by atoms with van der Waals surface area (Å²) in [4.78, 5) is 5.44. The highest BCUT2D eigenvalue weighted by molar-refractivity contribution is 7.89. The van der Waals surface area contributed by atoms with Crippen LogP contribution in [0.2, 0.25) is 0 Å². The molecule has 164 valence electrons. The third-order valence-electron chi connectivity index (χ3n) is 5.19. The van der Waals surface area contributed by atoms with Gasteiger partial charge in [-0.25, -0.2) is 18.1 Å². The molecule has 0 aliphatic heterocycles. The van der Waals surface area contributed by atoms with Crippen molar-refractivity contribution >= 4 is 32.5 Å². The van der Waals surface area contributed by atoms with Crippen molar-refractivity contribution < 1.29 is 13.2 Å². The summed E-state index contributed by atoms with van der Waals surface area (Å²) in [5.41, 5.74) is 2.28. The van der Waals surface area contributed by atoms with Gasteiger partial charge < -0.3 is 10.1 Å². The smallest absolute Gasteiger partial charge is 0.241 e. The van der Waals surface area contributed by atoms with Crippen molar-refractivity contribution in [2.45, 2.75) is 51.3 Å². The van der Waals surface area contributed by atoms with Crippen molar-refractivity contribution in [2.75, 3.05) is 25.5 Å². The van der Waals surface area contributed by atoms with Gasteiger partial charge in [-0.05, 0) is 56.4 Å². The van der Waals surface area contributed by atoms with Crippen LogP contribution in [0.25, 0.3) is 4.96 Å². The SMILES string of the molecule is COc1cc(C)c(S(=O)(=O)NCCCCCCNc2nsc3nccn23)c(C)c1C. The van der Waals surface area contributed by atoms with Gasteiger partial charge in [-0.2, -0.15) is 4.37 Å². The minimum absolute atomic E-state index is 0.360. The molecule has 0 aliphatic rings. The molecule has 0 fully saturated rings. The second-order valence-electron chi connectivity index (χ2n) is 7.30. The molecule has 0 amide bonds. The number of methoxy groups -OCH3 is 1. The largest absolute Gasteiger partial charge is 0.496 e. The number of benzene rings is 1. The van der Waals surface area contributed by atoms with Gasteiger partial charge in [-0.15, -0.1) is 0 Å². The quantitative estimate of drug-likeness (QED) is 0.432. The van der Waals surface area contributed by atoms with Crippen LogP contribution in [0.5, 0.6) is 5.75 Å². The van der Waals surface area contributed by atoms with Gasteiger partial charge in [0.2, 0.25) is 20.9 Å². The van der Waals surface area contributed by atoms with Gasteiger partial charge in [-0.1, -0.05) is 12.8 Å². The number of sulfonamides is 1. The van der Waals surface area contributed by atoms with E-state index >= 15 is 0 Å². The van der Waals surface area contributed by atoms with E-state index in [1.54, 1.807) is 26.3 Å². The van der Waals surface area contributed by atoms with Gasteiger partial charge in [0.05, 0.1) is 12.0 Å². The van der Waals surface area contributed by atoms with E-state index in [9.17, 15) is 8.42 Å². The van der Waals surface area contributed by atoms with E-state index in [-0.39, 0.29) is 0 Å². The first-order valence-corrected chi connectivity index (χ1v) is 12.3. The Balaban J connectivity index is 1.41. The Labute approximate surface area is 181 Å². The number of unbranched alkanes of at least 4 members (excludes halogenated alkanes) is 3. The Bertz CT molecular complexity index is 1110. The Morgan fingerprint density at radius 3 is 2.57 bits per heavy atom. The zero-order valence-corrected chi connectivity index (χ0v) is 19.5. The summed E-state index contributed by atoms with van der Waals surface area (Å²) in [6.07, 6.45) is 7.43. The number of nitrogens with one attached hydrogen (secondary N) is 2. The van der Waals surface area contributed by atoms with Crippen LogP contribution in [0.1, 0.15) is 42.4 Å². The summed E-state index contributed by atoms with van der Waals surface area (Å²) in [7, 11) is -1.95. The number of imidazole rings is 1. The maximum Gasteiger partial charge on any atom is 0.241 e. The molecule has 2 N–H and O–H groups in total. The molecule has 0 saturated heterocycles. The highest BCUT2D eigenvalue weighted by Gasteiger charge is 2.22. The second kappa shape index (κ2) is 9.76. The molecule has 0 bridgehead atoms. The molecule has 30 heavy (non-hydrogen) atoms. The van der Waals surface area contributed by atoms with Crippen molar-refractivity contribution in [1.82, 2.24) is 18.5 Å². The van der Waals surface area contributed by atoms with Gasteiger partial charge in [0.25, 0.3) is 0 Å². The molecular formula is C20H29N5O3S2. The molecule has 8 nitrogen and oxygen atoms in total. The number of fused-ring (bicyclic) bond motifs is 1. The third-order valence-corrected chi connectivity index (χ3v) is 7.67. The van der Waals surface area contributed by atoms with Gasteiger partial charge in [0.1, 0.15) is 5.75 Å². The number of rotatable bonds is 11. The van der Waals surface area contributed by atoms with Crippen molar-refractivity contribution in [1.29, 1.82) is 0 Å². The monoisotopic (exact) mass is 451 g/mol. The van der Waals surface area contributed by atoms with Gasteiger partial charge >= 0.3 is 0 Å². The number of aromatic nitrogens is 3. The van der Waals surface area contributed by atoms with Crippen molar-refractivity contribution in [3.63, 3.8) is 0 Å². The van der Waals surface area contributed by atoms with E-state index in [2.05, 4.69) is 19.4 Å². The van der Waals surface area contributed by atoms with Gasteiger partial charge in [-0.3, -0.25) is 4.40 Å². The average Bonchev–Trinajstić information content (AvgIpc) is 3.31. The number of aryl methyl sites for hydroxylation is 1. The van der Waals surface area contributed by atoms with Crippen molar-refractivity contribution in [2.24, 2.45) is 0 Å². The standard InChI is InChI=1S/C20H29N5O3S2/c1-14-13-17(28-4)15(2)16(3)18(14)30(26,27)23-10-8-6-5-7-9-21-19-24-29-20-22-11-12-25(19)20/h11-13,23H,5-10H2,1-4H3,(H,21,24). The highest BCUT2D eigenvalue weighted by Crippen LogP contribution is 2.30. The number of anilines is 1. The average molecular weight is 452 g/mol. The Morgan fingerprint density at radius 1 is 1.10 bits per heavy atom. The normalized spacial score (nSPS) is 11.9. The predicted octanol–water partition coefficient (Wildman–Crippen LogP) is 3.68. The Kier molecular flexibility index (Phi) is 7.32. The fourth-order valence-corrected chi connectivity index (χ4v) is 5.75. The topological polar surface area (TPSA) is 97.6 Å². The lowest BCUT2D eigenvalue weighted by molar-refractivity contribution is 0.410. The molecule has 3 rings (SSSR count). The van der Waals surface area contributed by atoms with Crippen LogP contribution < -0.4 is 14.8 Å². The molecular weight excluding hydrogens is 422 g/mol. The number of ether oxygens (including phenoxy) is 1. The zero-order valence-electron chi connectivity index (χ0n) is 17.9. The lowest BCUT2D eigenvalue weighted by Gasteiger charge is -2.16. The van der Waals surface area contributed by atoms with Crippen molar-refractivity contribution in [3.05, 3.63) is 35.2 Å². The Hall–Kier alpha value is -2.17. The van der Waals surface area contributed by atoms with Crippen molar-refractivity contribution in [3.8, 4) is 5.75 Å². The van der Waals surface area contributed by atoms with E-state index in [0.29, 0.717) is 22.8 Å². The molecule has 0 aliphatic carbocycles. The van der Waals surface area contributed by atoms with E-state index in [0.717, 1.165) is 54.3 Å². The van der Waals surface area contributed by atoms with E-state index in [1.165, 1.54) is 11.5 Å². The number of hydrogen-bond acceptors (Lipinski definition) is 7. The summed E-state index contributed by atoms with van der Waals surface area (Å²) >= 11 is 1.37. The molecule has 1 aromatic carbocycles. The first-order valence-electron chi connectivity index (χ1n) is 10.0. The van der Waals surface area contributed by atoms with Crippen LogP contribution in [0.4, 0.5) is 5.95 Å². The Morgan fingerprint density at radius 2 is 1.83 bits per heavy atom. The lowest BCUT2D eigenvalue weighted by Crippen LogP contribution is -2.26. The van der Waals surface area contributed by atoms with Gasteiger partial charge in [0.15, 0.2) is 0 Å². The fraction of sp³-hybridized carbons (Fsp3) is 0.500. The molecule has 2 aromatic heterocycles. The van der Waals surface area contributed by atoms with Gasteiger partial charge in [0, 0.05) is 37.0 Å². The maximum atomic E-state index is 12.8. The molecule has 0 radical (unpaired) electrons. The molecule has 3 aromatic rings. The molecule has 10 heteroatoms. The van der Waals surface area contributed by atoms with Crippen LogP contribution in [0.3, 0.4) is 0 Å². The van der Waals surface area contributed by atoms with Crippen LogP contribution in [0.15, 0.2) is 23.4 Å². The minimum Gasteiger partial charge on any atom is -0.496 e. The summed E-state index contributed by atoms with van der Waals surface area (Å²) < 4.78 is 40.0. The zero-order chi connectivity index (χ0) is 21.7. The highest BCUT2D eigenvalue weighted by atomic mass is 32.2. The molecule has 0 atom stereocenters. The fourth-order valence-electron chi connectivity index (χ4n) is 3.49.